The van der Waals surface area contributed by atoms with E-state index < -0.39 is 17.9 Å². The lowest BCUT2D eigenvalue weighted by Gasteiger charge is -2.14. The van der Waals surface area contributed by atoms with Crippen LogP contribution in [0.25, 0.3) is 0 Å². The van der Waals surface area contributed by atoms with Crippen molar-refractivity contribution in [2.75, 3.05) is 26.1 Å². The predicted molar refractivity (Wildman–Crippen MR) is 78.4 cm³/mol. The molecule has 0 aliphatic carbocycles. The maximum atomic E-state index is 11.7. The summed E-state index contributed by atoms with van der Waals surface area (Å²) in [6, 6.07) is 2.47. The van der Waals surface area contributed by atoms with E-state index in [1.807, 2.05) is 0 Å². The number of hydrogen-bond donors (Lipinski definition) is 3. The van der Waals surface area contributed by atoms with E-state index in [2.05, 4.69) is 10.6 Å². The van der Waals surface area contributed by atoms with Crippen LogP contribution in [0.1, 0.15) is 6.92 Å². The van der Waals surface area contributed by atoms with Gasteiger partial charge in [0, 0.05) is 18.7 Å². The summed E-state index contributed by atoms with van der Waals surface area (Å²) in [5, 5.41) is 14.1. The second kappa shape index (κ2) is 7.58. The number of nitrogens with one attached hydrogen (secondary N) is 2. The molecule has 7 nitrogen and oxygen atoms in total. The molecule has 0 spiro atoms. The van der Waals surface area contributed by atoms with Crippen LogP contribution in [-0.2, 0) is 4.79 Å². The lowest BCUT2D eigenvalue weighted by molar-refractivity contribution is -0.140. The number of amides is 2. The summed E-state index contributed by atoms with van der Waals surface area (Å²) < 4.78 is 10.2. The molecule has 116 valence electrons. The van der Waals surface area contributed by atoms with Gasteiger partial charge in [0.05, 0.1) is 30.8 Å². The summed E-state index contributed by atoms with van der Waals surface area (Å²) in [6.07, 6.45) is 0. The molecular weight excluding hydrogens is 300 g/mol. The van der Waals surface area contributed by atoms with Crippen LogP contribution < -0.4 is 20.1 Å². The van der Waals surface area contributed by atoms with Crippen LogP contribution in [0, 0.1) is 5.92 Å². The van der Waals surface area contributed by atoms with Crippen molar-refractivity contribution in [3.05, 3.63) is 17.2 Å². The Labute approximate surface area is 127 Å². The molecule has 1 atom stereocenters. The van der Waals surface area contributed by atoms with Crippen LogP contribution in [0.4, 0.5) is 10.5 Å². The van der Waals surface area contributed by atoms with Gasteiger partial charge in [0.25, 0.3) is 0 Å². The average Bonchev–Trinajstić information content (AvgIpc) is 2.45. The maximum absolute atomic E-state index is 11.7. The third-order valence-corrected chi connectivity index (χ3v) is 3.01. The van der Waals surface area contributed by atoms with Crippen LogP contribution >= 0.6 is 11.6 Å². The van der Waals surface area contributed by atoms with Crippen molar-refractivity contribution < 1.29 is 24.2 Å². The molecule has 0 fully saturated rings. The fourth-order valence-corrected chi connectivity index (χ4v) is 1.69. The van der Waals surface area contributed by atoms with Gasteiger partial charge in [-0.15, -0.1) is 0 Å². The third-order valence-electron chi connectivity index (χ3n) is 2.71. The van der Waals surface area contributed by atoms with E-state index in [0.717, 1.165) is 0 Å². The summed E-state index contributed by atoms with van der Waals surface area (Å²) in [5.41, 5.74) is 0.360. The van der Waals surface area contributed by atoms with Gasteiger partial charge in [-0.2, -0.15) is 0 Å². The van der Waals surface area contributed by atoms with Gasteiger partial charge in [-0.3, -0.25) is 4.79 Å². The molecule has 3 N–H and O–H groups in total. The van der Waals surface area contributed by atoms with E-state index in [4.69, 9.17) is 26.2 Å². The fraction of sp³-hybridized carbons (Fsp3) is 0.385. The summed E-state index contributed by atoms with van der Waals surface area (Å²) in [6.45, 7) is 1.50. The Morgan fingerprint density at radius 3 is 2.43 bits per heavy atom. The number of aliphatic carboxylic acids is 1. The van der Waals surface area contributed by atoms with Crippen molar-refractivity contribution in [2.24, 2.45) is 5.92 Å². The van der Waals surface area contributed by atoms with Crippen molar-refractivity contribution in [2.45, 2.75) is 6.92 Å². The molecule has 0 radical (unpaired) electrons. The maximum Gasteiger partial charge on any atom is 0.319 e. The first-order valence-corrected chi connectivity index (χ1v) is 6.46. The molecule has 1 rings (SSSR count). The molecule has 2 amide bonds. The molecule has 0 heterocycles. The minimum absolute atomic E-state index is 0.00814. The summed E-state index contributed by atoms with van der Waals surface area (Å²) >= 11 is 5.96. The van der Waals surface area contributed by atoms with Crippen molar-refractivity contribution in [1.29, 1.82) is 0 Å². The Bertz CT molecular complexity index is 536. The van der Waals surface area contributed by atoms with Crippen molar-refractivity contribution in [1.82, 2.24) is 5.32 Å². The zero-order valence-corrected chi connectivity index (χ0v) is 12.7. The standard InChI is InChI=1S/C13H17ClN2O5/c1-7(12(17)18)6-15-13(19)16-9-5-10(20-2)8(14)4-11(9)21-3/h4-5,7H,6H2,1-3H3,(H,17,18)(H2,15,16,19). The Balaban J connectivity index is 2.77. The first-order valence-electron chi connectivity index (χ1n) is 6.08. The minimum Gasteiger partial charge on any atom is -0.495 e. The van der Waals surface area contributed by atoms with Gasteiger partial charge < -0.3 is 25.2 Å². The molecule has 8 heteroatoms. The average molecular weight is 317 g/mol. The molecule has 0 saturated heterocycles. The summed E-state index contributed by atoms with van der Waals surface area (Å²) in [4.78, 5) is 22.4. The van der Waals surface area contributed by atoms with Crippen LogP contribution in [0.3, 0.4) is 0 Å². The predicted octanol–water partition coefficient (Wildman–Crippen LogP) is 2.20. The normalized spacial score (nSPS) is 11.4. The highest BCUT2D eigenvalue weighted by Crippen LogP contribution is 2.35. The van der Waals surface area contributed by atoms with Crippen LogP contribution in [0.15, 0.2) is 12.1 Å². The molecule has 1 aromatic rings. The van der Waals surface area contributed by atoms with E-state index in [1.54, 1.807) is 0 Å². The fourth-order valence-electron chi connectivity index (χ4n) is 1.46. The van der Waals surface area contributed by atoms with E-state index in [1.165, 1.54) is 33.3 Å². The molecule has 21 heavy (non-hydrogen) atoms. The summed E-state index contributed by atoms with van der Waals surface area (Å²) in [5.74, 6) is -0.924. The Hall–Kier alpha value is -2.15. The van der Waals surface area contributed by atoms with Gasteiger partial charge in [0.1, 0.15) is 11.5 Å². The number of rotatable bonds is 6. The zero-order chi connectivity index (χ0) is 16.0. The van der Waals surface area contributed by atoms with Gasteiger partial charge in [-0.1, -0.05) is 18.5 Å². The van der Waals surface area contributed by atoms with Crippen molar-refractivity contribution >= 4 is 29.3 Å². The molecule has 1 unspecified atom stereocenters. The highest BCUT2D eigenvalue weighted by Gasteiger charge is 2.15. The first kappa shape index (κ1) is 16.9. The molecule has 1 aromatic carbocycles. The second-order valence-corrected chi connectivity index (χ2v) is 4.67. The van der Waals surface area contributed by atoms with Gasteiger partial charge in [0.15, 0.2) is 0 Å². The molecule has 0 aliphatic rings. The number of carbonyl (C=O) groups is 2. The number of benzene rings is 1. The number of methoxy groups -OCH3 is 2. The van der Waals surface area contributed by atoms with Gasteiger partial charge >= 0.3 is 12.0 Å². The largest absolute Gasteiger partial charge is 0.495 e. The molecule has 0 aliphatic heterocycles. The Morgan fingerprint density at radius 2 is 1.90 bits per heavy atom. The van der Waals surface area contributed by atoms with Crippen molar-refractivity contribution in [3.63, 3.8) is 0 Å². The molecule has 0 aromatic heterocycles. The Kier molecular flexibility index (Phi) is 6.10. The van der Waals surface area contributed by atoms with E-state index in [0.29, 0.717) is 22.2 Å². The topological polar surface area (TPSA) is 96.9 Å². The van der Waals surface area contributed by atoms with Gasteiger partial charge in [-0.05, 0) is 0 Å². The highest BCUT2D eigenvalue weighted by atomic mass is 35.5. The lowest BCUT2D eigenvalue weighted by atomic mass is 10.2. The number of ether oxygens (including phenoxy) is 2. The molecule has 0 saturated carbocycles. The zero-order valence-electron chi connectivity index (χ0n) is 11.9. The SMILES string of the molecule is COc1cc(NC(=O)NCC(C)C(=O)O)c(OC)cc1Cl. The number of urea groups is 1. The first-order chi connectivity index (χ1) is 9.88. The van der Waals surface area contributed by atoms with Crippen LogP contribution in [-0.4, -0.2) is 37.9 Å². The molecular formula is C13H17ClN2O5. The number of anilines is 1. The highest BCUT2D eigenvalue weighted by molar-refractivity contribution is 6.32. The van der Waals surface area contributed by atoms with E-state index in [9.17, 15) is 9.59 Å². The van der Waals surface area contributed by atoms with Gasteiger partial charge in [0.2, 0.25) is 0 Å². The Morgan fingerprint density at radius 1 is 1.29 bits per heavy atom. The van der Waals surface area contributed by atoms with Gasteiger partial charge in [-0.25, -0.2) is 4.79 Å². The van der Waals surface area contributed by atoms with Crippen LogP contribution in [0.2, 0.25) is 5.02 Å². The minimum atomic E-state index is -0.985. The monoisotopic (exact) mass is 316 g/mol. The number of hydrogen-bond acceptors (Lipinski definition) is 4. The quantitative estimate of drug-likeness (QED) is 0.747. The summed E-state index contributed by atoms with van der Waals surface area (Å²) in [7, 11) is 2.89. The van der Waals surface area contributed by atoms with Crippen molar-refractivity contribution in [3.8, 4) is 11.5 Å². The van der Waals surface area contributed by atoms with Crippen LogP contribution in [0.5, 0.6) is 11.5 Å². The lowest BCUT2D eigenvalue weighted by Crippen LogP contribution is -2.34. The number of carboxylic acids is 1. The van der Waals surface area contributed by atoms with E-state index in [-0.39, 0.29) is 6.54 Å². The number of carboxylic acid groups (broad SMARTS) is 1. The number of halogens is 1. The third kappa shape index (κ3) is 4.71. The van der Waals surface area contributed by atoms with E-state index >= 15 is 0 Å². The smallest absolute Gasteiger partial charge is 0.319 e. The molecule has 0 bridgehead atoms. The second-order valence-electron chi connectivity index (χ2n) is 4.26. The number of carbonyl (C=O) groups excluding carboxylic acids is 1.